The van der Waals surface area contributed by atoms with Gasteiger partial charge in [0.25, 0.3) is 5.91 Å². The van der Waals surface area contributed by atoms with Crippen LogP contribution in [0.3, 0.4) is 0 Å². The number of nitrogens with zero attached hydrogens (tertiary/aromatic N) is 3. The number of carbonyl (C=O) groups is 1. The lowest BCUT2D eigenvalue weighted by molar-refractivity contribution is -0.00706. The molecule has 3 heterocycles. The number of H-pyrrole nitrogens is 1. The molecule has 0 unspecified atom stereocenters. The standard InChI is InChI=1S/C19H30N4O2/c1-4-22-9-7-15(8-10-22)23(14-5-6-14)19(24)18-16-11-12(2)25-13(3)17(16)20-21-18/h12-15H,4-11H2,1-3H3,(H,20,21)/t12-,13+/m0/s1. The van der Waals surface area contributed by atoms with Crippen LogP contribution < -0.4 is 0 Å². The van der Waals surface area contributed by atoms with E-state index in [1.807, 2.05) is 6.92 Å². The minimum atomic E-state index is -0.0185. The van der Waals surface area contributed by atoms with Crippen molar-refractivity contribution >= 4 is 5.91 Å². The SMILES string of the molecule is CCN1CCC(N(C(=O)c2n[nH]c3c2C[C@H](C)O[C@@H]3C)C2CC2)CC1. The molecule has 6 heteroatoms. The Balaban J connectivity index is 1.56. The van der Waals surface area contributed by atoms with Gasteiger partial charge in [-0.25, -0.2) is 0 Å². The van der Waals surface area contributed by atoms with Crippen molar-refractivity contribution < 1.29 is 9.53 Å². The number of aromatic nitrogens is 2. The van der Waals surface area contributed by atoms with Gasteiger partial charge in [0.05, 0.1) is 17.9 Å². The average Bonchev–Trinajstić information content (AvgIpc) is 3.34. The van der Waals surface area contributed by atoms with Gasteiger partial charge in [0.1, 0.15) is 0 Å². The molecule has 1 N–H and O–H groups in total. The maximum atomic E-state index is 13.4. The largest absolute Gasteiger partial charge is 0.369 e. The fourth-order valence-corrected chi connectivity index (χ4v) is 4.47. The molecule has 1 aromatic heterocycles. The normalized spacial score (nSPS) is 28.0. The van der Waals surface area contributed by atoms with E-state index >= 15 is 0 Å². The van der Waals surface area contributed by atoms with E-state index in [1.165, 1.54) is 0 Å². The summed E-state index contributed by atoms with van der Waals surface area (Å²) in [5, 5.41) is 7.51. The summed E-state index contributed by atoms with van der Waals surface area (Å²) in [6.45, 7) is 9.60. The molecule has 138 valence electrons. The predicted molar refractivity (Wildman–Crippen MR) is 95.6 cm³/mol. The Morgan fingerprint density at radius 2 is 1.92 bits per heavy atom. The minimum Gasteiger partial charge on any atom is -0.369 e. The molecule has 25 heavy (non-hydrogen) atoms. The fraction of sp³-hybridized carbons (Fsp3) is 0.789. The first kappa shape index (κ1) is 17.0. The first-order chi connectivity index (χ1) is 12.1. The number of aromatic amines is 1. The third kappa shape index (κ3) is 3.22. The molecule has 0 bridgehead atoms. The van der Waals surface area contributed by atoms with E-state index in [4.69, 9.17) is 4.74 Å². The van der Waals surface area contributed by atoms with Crippen molar-refractivity contribution in [3.05, 3.63) is 17.0 Å². The van der Waals surface area contributed by atoms with E-state index in [0.717, 1.165) is 63.0 Å². The van der Waals surface area contributed by atoms with E-state index in [1.54, 1.807) is 0 Å². The summed E-state index contributed by atoms with van der Waals surface area (Å²) in [5.41, 5.74) is 2.70. The Hall–Kier alpha value is -1.40. The number of likely N-dealkylation sites (tertiary alicyclic amines) is 1. The number of nitrogens with one attached hydrogen (secondary N) is 1. The molecule has 0 radical (unpaired) electrons. The van der Waals surface area contributed by atoms with Crippen LogP contribution in [0, 0.1) is 0 Å². The van der Waals surface area contributed by atoms with E-state index < -0.39 is 0 Å². The number of amides is 1. The molecular formula is C19H30N4O2. The maximum Gasteiger partial charge on any atom is 0.275 e. The number of ether oxygens (including phenoxy) is 1. The van der Waals surface area contributed by atoms with Crippen LogP contribution in [0.5, 0.6) is 0 Å². The zero-order chi connectivity index (χ0) is 17.6. The van der Waals surface area contributed by atoms with Crippen LogP contribution in [-0.4, -0.2) is 63.7 Å². The average molecular weight is 346 g/mol. The van der Waals surface area contributed by atoms with Crippen LogP contribution in [-0.2, 0) is 11.2 Å². The Labute approximate surface area is 149 Å². The van der Waals surface area contributed by atoms with Gasteiger partial charge in [0.15, 0.2) is 5.69 Å². The van der Waals surface area contributed by atoms with Crippen molar-refractivity contribution in [1.82, 2.24) is 20.0 Å². The molecule has 1 amide bonds. The second-order valence-electron chi connectivity index (χ2n) is 7.87. The summed E-state index contributed by atoms with van der Waals surface area (Å²) in [6, 6.07) is 0.789. The summed E-state index contributed by atoms with van der Waals surface area (Å²) in [5.74, 6) is 0.135. The monoisotopic (exact) mass is 346 g/mol. The molecule has 0 spiro atoms. The van der Waals surface area contributed by atoms with Gasteiger partial charge < -0.3 is 14.5 Å². The number of rotatable bonds is 4. The molecule has 1 aliphatic carbocycles. The third-order valence-electron chi connectivity index (χ3n) is 6.01. The number of piperidine rings is 1. The Bertz CT molecular complexity index is 631. The maximum absolute atomic E-state index is 13.4. The first-order valence-corrected chi connectivity index (χ1v) is 9.86. The van der Waals surface area contributed by atoms with Crippen molar-refractivity contribution in [3.8, 4) is 0 Å². The lowest BCUT2D eigenvalue weighted by atomic mass is 9.98. The number of fused-ring (bicyclic) bond motifs is 1. The van der Waals surface area contributed by atoms with Gasteiger partial charge in [-0.15, -0.1) is 0 Å². The van der Waals surface area contributed by atoms with Crippen LogP contribution in [0.1, 0.15) is 74.3 Å². The molecule has 6 nitrogen and oxygen atoms in total. The minimum absolute atomic E-state index is 0.0185. The molecular weight excluding hydrogens is 316 g/mol. The lowest BCUT2D eigenvalue weighted by Crippen LogP contribution is -2.48. The summed E-state index contributed by atoms with van der Waals surface area (Å²) in [4.78, 5) is 18.1. The zero-order valence-corrected chi connectivity index (χ0v) is 15.6. The van der Waals surface area contributed by atoms with Gasteiger partial charge in [-0.3, -0.25) is 9.89 Å². The molecule has 0 aromatic carbocycles. The van der Waals surface area contributed by atoms with Gasteiger partial charge in [-0.05, 0) is 46.1 Å². The van der Waals surface area contributed by atoms with Gasteiger partial charge in [-0.2, -0.15) is 5.10 Å². The van der Waals surface area contributed by atoms with Crippen molar-refractivity contribution in [2.75, 3.05) is 19.6 Å². The van der Waals surface area contributed by atoms with E-state index in [9.17, 15) is 4.79 Å². The Morgan fingerprint density at radius 3 is 2.56 bits per heavy atom. The zero-order valence-electron chi connectivity index (χ0n) is 15.6. The summed E-state index contributed by atoms with van der Waals surface area (Å²) in [7, 11) is 0. The molecule has 2 atom stereocenters. The van der Waals surface area contributed by atoms with Gasteiger partial charge in [-0.1, -0.05) is 6.92 Å². The fourth-order valence-electron chi connectivity index (χ4n) is 4.47. The second kappa shape index (κ2) is 6.72. The molecule has 3 aliphatic rings. The van der Waals surface area contributed by atoms with Crippen molar-refractivity contribution in [1.29, 1.82) is 0 Å². The van der Waals surface area contributed by atoms with E-state index in [-0.39, 0.29) is 18.1 Å². The van der Waals surface area contributed by atoms with Crippen LogP contribution in [0.4, 0.5) is 0 Å². The topological polar surface area (TPSA) is 61.5 Å². The van der Waals surface area contributed by atoms with Gasteiger partial charge >= 0.3 is 0 Å². The highest BCUT2D eigenvalue weighted by Gasteiger charge is 2.41. The van der Waals surface area contributed by atoms with Crippen LogP contribution >= 0.6 is 0 Å². The van der Waals surface area contributed by atoms with Crippen LogP contribution in [0.25, 0.3) is 0 Å². The van der Waals surface area contributed by atoms with Gasteiger partial charge in [0.2, 0.25) is 0 Å². The first-order valence-electron chi connectivity index (χ1n) is 9.86. The lowest BCUT2D eigenvalue weighted by Gasteiger charge is -2.38. The van der Waals surface area contributed by atoms with E-state index in [0.29, 0.717) is 17.8 Å². The molecule has 4 rings (SSSR count). The molecule has 2 aliphatic heterocycles. The third-order valence-corrected chi connectivity index (χ3v) is 6.01. The van der Waals surface area contributed by atoms with Crippen molar-refractivity contribution in [3.63, 3.8) is 0 Å². The molecule has 1 aromatic rings. The quantitative estimate of drug-likeness (QED) is 0.910. The van der Waals surface area contributed by atoms with Crippen molar-refractivity contribution in [2.45, 2.75) is 77.2 Å². The highest BCUT2D eigenvalue weighted by molar-refractivity contribution is 5.94. The van der Waals surface area contributed by atoms with E-state index in [2.05, 4.69) is 33.8 Å². The highest BCUT2D eigenvalue weighted by Crippen LogP contribution is 2.36. The number of hydrogen-bond donors (Lipinski definition) is 1. The van der Waals surface area contributed by atoms with Crippen LogP contribution in [0.15, 0.2) is 0 Å². The van der Waals surface area contributed by atoms with Crippen LogP contribution in [0.2, 0.25) is 0 Å². The summed E-state index contributed by atoms with van der Waals surface area (Å²) in [6.07, 6.45) is 5.33. The molecule has 2 fully saturated rings. The number of hydrogen-bond acceptors (Lipinski definition) is 4. The highest BCUT2D eigenvalue weighted by atomic mass is 16.5. The second-order valence-corrected chi connectivity index (χ2v) is 7.87. The summed E-state index contributed by atoms with van der Waals surface area (Å²) < 4.78 is 5.86. The predicted octanol–water partition coefficient (Wildman–Crippen LogP) is 2.52. The number of carbonyl (C=O) groups excluding carboxylic acids is 1. The smallest absolute Gasteiger partial charge is 0.275 e. The molecule has 1 saturated carbocycles. The Kier molecular flexibility index (Phi) is 4.58. The van der Waals surface area contributed by atoms with Crippen molar-refractivity contribution in [2.24, 2.45) is 0 Å². The summed E-state index contributed by atoms with van der Waals surface area (Å²) >= 11 is 0. The Morgan fingerprint density at radius 1 is 1.24 bits per heavy atom. The molecule has 1 saturated heterocycles. The van der Waals surface area contributed by atoms with Gasteiger partial charge in [0, 0.05) is 37.2 Å².